The van der Waals surface area contributed by atoms with Gasteiger partial charge in [0, 0.05) is 17.6 Å². The first kappa shape index (κ1) is 11.6. The first-order valence-electron chi connectivity index (χ1n) is 5.58. The number of hydrogen-bond acceptors (Lipinski definition) is 1. The highest BCUT2D eigenvalue weighted by atomic mass is 35.5. The number of hydrogen-bond donors (Lipinski definition) is 0. The number of benzene rings is 1. The summed E-state index contributed by atoms with van der Waals surface area (Å²) in [4.78, 5) is 4.42. The van der Waals surface area contributed by atoms with Gasteiger partial charge in [-0.15, -0.1) is 0 Å². The Labute approximate surface area is 115 Å². The molecule has 0 N–H and O–H groups in total. The molecule has 1 aromatic carbocycles. The molecule has 3 rings (SSSR count). The molecule has 0 bridgehead atoms. The van der Waals surface area contributed by atoms with Gasteiger partial charge in [0.2, 0.25) is 0 Å². The molecule has 2 nitrogen and oxygen atoms in total. The average Bonchev–Trinajstić information content (AvgIpc) is 2.72. The van der Waals surface area contributed by atoms with Crippen LogP contribution in [0.3, 0.4) is 0 Å². The Morgan fingerprint density at radius 2 is 1.94 bits per heavy atom. The summed E-state index contributed by atoms with van der Waals surface area (Å²) in [6.45, 7) is 0. The van der Waals surface area contributed by atoms with E-state index in [1.165, 1.54) is 0 Å². The van der Waals surface area contributed by atoms with Crippen molar-refractivity contribution in [2.75, 3.05) is 0 Å². The van der Waals surface area contributed by atoms with Crippen LogP contribution in [0.4, 0.5) is 0 Å². The van der Waals surface area contributed by atoms with E-state index in [9.17, 15) is 0 Å². The maximum Gasteiger partial charge on any atom is 0.117 e. The lowest BCUT2D eigenvalue weighted by atomic mass is 10.1. The smallest absolute Gasteiger partial charge is 0.117 e. The standard InChI is InChI=1S/C14H10Cl2N2/c15-11-3-1-2-10(6-11)7-14-17-8-13-5-4-12(16)9-18(13)14/h1-6,8-9H,7H2. The summed E-state index contributed by atoms with van der Waals surface area (Å²) >= 11 is 12.0. The molecular weight excluding hydrogens is 267 g/mol. The molecule has 2 heterocycles. The number of rotatable bonds is 2. The van der Waals surface area contributed by atoms with Crippen LogP contribution in [-0.4, -0.2) is 9.38 Å². The Morgan fingerprint density at radius 1 is 1.06 bits per heavy atom. The fourth-order valence-corrected chi connectivity index (χ4v) is 2.35. The van der Waals surface area contributed by atoms with Crippen LogP contribution in [-0.2, 0) is 6.42 Å². The van der Waals surface area contributed by atoms with Crippen LogP contribution < -0.4 is 0 Å². The van der Waals surface area contributed by atoms with Gasteiger partial charge in [-0.3, -0.25) is 0 Å². The molecule has 0 saturated carbocycles. The SMILES string of the molecule is Clc1cccc(Cc2ncc3ccc(Cl)cn23)c1. The molecule has 0 radical (unpaired) electrons. The number of halogens is 2. The van der Waals surface area contributed by atoms with Crippen molar-refractivity contribution in [2.45, 2.75) is 6.42 Å². The minimum atomic E-state index is 0.702. The maximum absolute atomic E-state index is 6.01. The quantitative estimate of drug-likeness (QED) is 0.685. The van der Waals surface area contributed by atoms with Crippen LogP contribution in [0, 0.1) is 0 Å². The van der Waals surface area contributed by atoms with Gasteiger partial charge in [-0.2, -0.15) is 0 Å². The van der Waals surface area contributed by atoms with Gasteiger partial charge in [-0.05, 0) is 29.8 Å². The van der Waals surface area contributed by atoms with Crippen LogP contribution >= 0.6 is 23.2 Å². The van der Waals surface area contributed by atoms with Crippen molar-refractivity contribution in [2.24, 2.45) is 0 Å². The normalized spacial score (nSPS) is 11.0. The molecule has 90 valence electrons. The van der Waals surface area contributed by atoms with Gasteiger partial charge < -0.3 is 4.40 Å². The average molecular weight is 277 g/mol. The Bertz CT molecular complexity index is 704. The molecule has 0 aliphatic heterocycles. The van der Waals surface area contributed by atoms with Crippen molar-refractivity contribution >= 4 is 28.7 Å². The van der Waals surface area contributed by atoms with Gasteiger partial charge in [0.1, 0.15) is 5.82 Å². The molecule has 0 unspecified atom stereocenters. The summed E-state index contributed by atoms with van der Waals surface area (Å²) in [5.41, 5.74) is 2.17. The second kappa shape index (κ2) is 4.63. The van der Waals surface area contributed by atoms with Crippen molar-refractivity contribution in [1.82, 2.24) is 9.38 Å². The van der Waals surface area contributed by atoms with Crippen LogP contribution in [0.5, 0.6) is 0 Å². The molecule has 0 aliphatic carbocycles. The second-order valence-electron chi connectivity index (χ2n) is 4.12. The van der Waals surface area contributed by atoms with Crippen LogP contribution in [0.25, 0.3) is 5.52 Å². The zero-order chi connectivity index (χ0) is 12.5. The topological polar surface area (TPSA) is 17.3 Å². The van der Waals surface area contributed by atoms with Crippen molar-refractivity contribution < 1.29 is 0 Å². The zero-order valence-corrected chi connectivity index (χ0v) is 11.0. The van der Waals surface area contributed by atoms with E-state index >= 15 is 0 Å². The molecule has 0 saturated heterocycles. The van der Waals surface area contributed by atoms with Crippen LogP contribution in [0.15, 0.2) is 48.8 Å². The van der Waals surface area contributed by atoms with Crippen LogP contribution in [0.2, 0.25) is 10.0 Å². The van der Waals surface area contributed by atoms with Crippen LogP contribution in [0.1, 0.15) is 11.4 Å². The number of nitrogens with zero attached hydrogens (tertiary/aromatic N) is 2. The van der Waals surface area contributed by atoms with E-state index in [4.69, 9.17) is 23.2 Å². The van der Waals surface area contributed by atoms with E-state index in [1.807, 2.05) is 53.2 Å². The molecule has 0 spiro atoms. The highest BCUT2D eigenvalue weighted by Gasteiger charge is 2.05. The van der Waals surface area contributed by atoms with E-state index in [-0.39, 0.29) is 0 Å². The summed E-state index contributed by atoms with van der Waals surface area (Å²) in [6, 6.07) is 11.6. The van der Waals surface area contributed by atoms with Gasteiger partial charge >= 0.3 is 0 Å². The van der Waals surface area contributed by atoms with Crippen molar-refractivity contribution in [3.63, 3.8) is 0 Å². The minimum Gasteiger partial charge on any atom is -0.302 e. The summed E-state index contributed by atoms with van der Waals surface area (Å²) in [7, 11) is 0. The van der Waals surface area contributed by atoms with E-state index in [0.717, 1.165) is 28.3 Å². The van der Waals surface area contributed by atoms with Crippen molar-refractivity contribution in [3.05, 3.63) is 70.2 Å². The van der Waals surface area contributed by atoms with Crippen molar-refractivity contribution in [1.29, 1.82) is 0 Å². The molecule has 3 aromatic rings. The summed E-state index contributed by atoms with van der Waals surface area (Å²) in [5, 5.41) is 1.44. The molecule has 18 heavy (non-hydrogen) atoms. The largest absolute Gasteiger partial charge is 0.302 e. The molecular formula is C14H10Cl2N2. The monoisotopic (exact) mass is 276 g/mol. The Hall–Kier alpha value is -1.51. The molecule has 0 atom stereocenters. The lowest BCUT2D eigenvalue weighted by molar-refractivity contribution is 0.962. The number of aromatic nitrogens is 2. The van der Waals surface area contributed by atoms with E-state index in [0.29, 0.717) is 5.02 Å². The highest BCUT2D eigenvalue weighted by Crippen LogP contribution is 2.17. The van der Waals surface area contributed by atoms with Gasteiger partial charge in [0.25, 0.3) is 0 Å². The van der Waals surface area contributed by atoms with Crippen molar-refractivity contribution in [3.8, 4) is 0 Å². The fourth-order valence-electron chi connectivity index (χ4n) is 1.98. The predicted octanol–water partition coefficient (Wildman–Crippen LogP) is 4.23. The lowest BCUT2D eigenvalue weighted by Crippen LogP contribution is -1.96. The summed E-state index contributed by atoms with van der Waals surface area (Å²) in [5.74, 6) is 0.953. The zero-order valence-electron chi connectivity index (χ0n) is 9.48. The third kappa shape index (κ3) is 2.22. The Balaban J connectivity index is 2.02. The van der Waals surface area contributed by atoms with Gasteiger partial charge in [-0.1, -0.05) is 35.3 Å². The van der Waals surface area contributed by atoms with E-state index < -0.39 is 0 Å². The summed E-state index contributed by atoms with van der Waals surface area (Å²) in [6.07, 6.45) is 4.45. The van der Waals surface area contributed by atoms with Gasteiger partial charge in [-0.25, -0.2) is 4.98 Å². The molecule has 0 amide bonds. The lowest BCUT2D eigenvalue weighted by Gasteiger charge is -2.03. The molecule has 4 heteroatoms. The number of fused-ring (bicyclic) bond motifs is 1. The fraction of sp³-hybridized carbons (Fsp3) is 0.0714. The third-order valence-electron chi connectivity index (χ3n) is 2.82. The molecule has 2 aromatic heterocycles. The molecule has 0 fully saturated rings. The Morgan fingerprint density at radius 3 is 2.78 bits per heavy atom. The van der Waals surface area contributed by atoms with Gasteiger partial charge in [0.15, 0.2) is 0 Å². The minimum absolute atomic E-state index is 0.702. The highest BCUT2D eigenvalue weighted by molar-refractivity contribution is 6.30. The maximum atomic E-state index is 6.01. The van der Waals surface area contributed by atoms with E-state index in [2.05, 4.69) is 4.98 Å². The predicted molar refractivity (Wildman–Crippen MR) is 74.5 cm³/mol. The summed E-state index contributed by atoms with van der Waals surface area (Å²) < 4.78 is 2.00. The van der Waals surface area contributed by atoms with E-state index in [1.54, 1.807) is 0 Å². The number of imidazole rings is 1. The number of pyridine rings is 1. The first-order valence-corrected chi connectivity index (χ1v) is 6.34. The third-order valence-corrected chi connectivity index (χ3v) is 3.28. The molecule has 0 aliphatic rings. The van der Waals surface area contributed by atoms with Gasteiger partial charge in [0.05, 0.1) is 16.7 Å². The first-order chi connectivity index (χ1) is 8.72. The second-order valence-corrected chi connectivity index (χ2v) is 5.00. The Kier molecular flexibility index (Phi) is 2.98.